The Labute approximate surface area is 167 Å². The first-order valence-corrected chi connectivity index (χ1v) is 11.3. The van der Waals surface area contributed by atoms with E-state index in [1.165, 1.54) is 29.3 Å². The van der Waals surface area contributed by atoms with Crippen LogP contribution in [0.3, 0.4) is 0 Å². The number of nitriles is 1. The van der Waals surface area contributed by atoms with E-state index in [2.05, 4.69) is 24.2 Å². The Morgan fingerprint density at radius 2 is 1.93 bits per heavy atom. The van der Waals surface area contributed by atoms with Crippen molar-refractivity contribution in [2.75, 3.05) is 26.7 Å². The molecule has 152 valence electrons. The topological polar surface area (TPSA) is 93.5 Å². The second-order valence-electron chi connectivity index (χ2n) is 7.78. The Hall–Kier alpha value is -1.95. The number of rotatable bonds is 7. The number of piperidine rings is 1. The van der Waals surface area contributed by atoms with Crippen LogP contribution in [0.5, 0.6) is 0 Å². The molecule has 7 nitrogen and oxygen atoms in total. The van der Waals surface area contributed by atoms with Gasteiger partial charge < -0.3 is 5.32 Å². The van der Waals surface area contributed by atoms with Gasteiger partial charge in [0.05, 0.1) is 10.5 Å². The van der Waals surface area contributed by atoms with E-state index in [0.29, 0.717) is 31.5 Å². The largest absolute Gasteiger partial charge is 0.354 e. The summed E-state index contributed by atoms with van der Waals surface area (Å²) in [5.74, 6) is -0.165. The Kier molecular flexibility index (Phi) is 6.38. The first-order chi connectivity index (χ1) is 13.3. The third-order valence-electron chi connectivity index (χ3n) is 5.84. The summed E-state index contributed by atoms with van der Waals surface area (Å²) in [6.45, 7) is 3.30. The molecule has 1 amide bonds. The fraction of sp³-hybridized carbons (Fsp3) is 0.600. The lowest BCUT2D eigenvalue weighted by molar-refractivity contribution is -0.126. The smallest absolute Gasteiger partial charge is 0.244 e. The van der Waals surface area contributed by atoms with E-state index in [1.54, 1.807) is 12.1 Å². The van der Waals surface area contributed by atoms with Crippen LogP contribution in [0.2, 0.25) is 0 Å². The molecule has 1 heterocycles. The zero-order chi connectivity index (χ0) is 20.3. The van der Waals surface area contributed by atoms with E-state index in [4.69, 9.17) is 0 Å². The number of carbonyl (C=O) groups is 1. The highest BCUT2D eigenvalue weighted by Gasteiger charge is 2.34. The molecule has 28 heavy (non-hydrogen) atoms. The summed E-state index contributed by atoms with van der Waals surface area (Å²) in [6, 6.07) is 9.12. The number of nitrogens with one attached hydrogen (secondary N) is 1. The molecule has 8 heteroatoms. The number of nitrogens with zero attached hydrogens (tertiary/aromatic N) is 3. The quantitative estimate of drug-likeness (QED) is 0.744. The molecule has 2 aliphatic rings. The molecule has 1 aliphatic carbocycles. The molecule has 1 aromatic carbocycles. The number of hydrogen-bond donors (Lipinski definition) is 1. The van der Waals surface area contributed by atoms with Crippen LogP contribution in [0.15, 0.2) is 29.2 Å². The van der Waals surface area contributed by atoms with Crippen LogP contribution in [0.4, 0.5) is 0 Å². The lowest BCUT2D eigenvalue weighted by Crippen LogP contribution is -2.46. The van der Waals surface area contributed by atoms with Gasteiger partial charge in [0.1, 0.15) is 6.07 Å². The number of amides is 1. The predicted octanol–water partition coefficient (Wildman–Crippen LogP) is 1.56. The molecule has 0 bridgehead atoms. The lowest BCUT2D eigenvalue weighted by Gasteiger charge is -2.31. The Bertz CT molecular complexity index is 852. The van der Waals surface area contributed by atoms with Crippen LogP contribution in [0.25, 0.3) is 0 Å². The van der Waals surface area contributed by atoms with Crippen LogP contribution in [0, 0.1) is 17.2 Å². The lowest BCUT2D eigenvalue weighted by atomic mass is 9.97. The molecule has 1 aromatic rings. The normalized spacial score (nSPS) is 19.9. The van der Waals surface area contributed by atoms with Gasteiger partial charge in [-0.15, -0.1) is 0 Å². The minimum atomic E-state index is -3.72. The van der Waals surface area contributed by atoms with Gasteiger partial charge in [0, 0.05) is 37.6 Å². The number of carbonyl (C=O) groups excluding carboxylic acids is 1. The second kappa shape index (κ2) is 8.60. The van der Waals surface area contributed by atoms with E-state index in [9.17, 15) is 18.5 Å². The summed E-state index contributed by atoms with van der Waals surface area (Å²) in [4.78, 5) is 14.8. The monoisotopic (exact) mass is 404 g/mol. The second-order valence-corrected chi connectivity index (χ2v) is 9.68. The molecule has 0 radical (unpaired) electrons. The molecule has 0 spiro atoms. The Morgan fingerprint density at radius 3 is 2.54 bits per heavy atom. The van der Waals surface area contributed by atoms with Gasteiger partial charge in [0.2, 0.25) is 15.9 Å². The molecule has 1 aliphatic heterocycles. The molecule has 0 aromatic heterocycles. The van der Waals surface area contributed by atoms with E-state index in [0.717, 1.165) is 0 Å². The standard InChI is InChI=1S/C20H28N4O3S/c1-15(23(2)18-7-8-18)14-22-20(25)16-9-11-24(12-10-16)28(26,27)19-6-4-3-5-17(19)13-21/h3-6,15-16,18H,7-12,14H2,1-2H3,(H,22,25). The van der Waals surface area contributed by atoms with Crippen LogP contribution in [-0.4, -0.2) is 62.3 Å². The van der Waals surface area contributed by atoms with Crippen LogP contribution in [0.1, 0.15) is 38.2 Å². The van der Waals surface area contributed by atoms with Gasteiger partial charge in [-0.2, -0.15) is 9.57 Å². The number of benzene rings is 1. The minimum absolute atomic E-state index is 0.00511. The highest BCUT2D eigenvalue weighted by atomic mass is 32.2. The number of hydrogen-bond acceptors (Lipinski definition) is 5. The van der Waals surface area contributed by atoms with Gasteiger partial charge in [-0.1, -0.05) is 12.1 Å². The third-order valence-corrected chi connectivity index (χ3v) is 7.80. The van der Waals surface area contributed by atoms with Crippen LogP contribution in [-0.2, 0) is 14.8 Å². The van der Waals surface area contributed by atoms with Crippen molar-refractivity contribution in [3.05, 3.63) is 29.8 Å². The van der Waals surface area contributed by atoms with Gasteiger partial charge >= 0.3 is 0 Å². The molecular weight excluding hydrogens is 376 g/mol. The molecule has 1 unspecified atom stereocenters. The first kappa shape index (κ1) is 20.8. The average Bonchev–Trinajstić information content (AvgIpc) is 3.56. The van der Waals surface area contributed by atoms with Gasteiger partial charge in [-0.05, 0) is 51.8 Å². The number of sulfonamides is 1. The fourth-order valence-electron chi connectivity index (χ4n) is 3.66. The molecule has 1 atom stereocenters. The summed E-state index contributed by atoms with van der Waals surface area (Å²) in [5.41, 5.74) is 0.149. The summed E-state index contributed by atoms with van der Waals surface area (Å²) in [5, 5.41) is 12.2. The number of likely N-dealkylation sites (N-methyl/N-ethyl adjacent to an activating group) is 1. The fourth-order valence-corrected chi connectivity index (χ4v) is 5.27. The molecule has 1 saturated carbocycles. The minimum Gasteiger partial charge on any atom is -0.354 e. The van der Waals surface area contributed by atoms with Crippen molar-refractivity contribution in [3.63, 3.8) is 0 Å². The Morgan fingerprint density at radius 1 is 1.29 bits per heavy atom. The molecule has 2 fully saturated rings. The van der Waals surface area contributed by atoms with Gasteiger partial charge in [-0.25, -0.2) is 8.42 Å². The van der Waals surface area contributed by atoms with Crippen LogP contribution < -0.4 is 5.32 Å². The summed E-state index contributed by atoms with van der Waals surface area (Å²) in [6.07, 6.45) is 3.45. The van der Waals surface area contributed by atoms with Crippen molar-refractivity contribution >= 4 is 15.9 Å². The maximum atomic E-state index is 12.9. The predicted molar refractivity (Wildman–Crippen MR) is 106 cm³/mol. The van der Waals surface area contributed by atoms with E-state index in [-0.39, 0.29) is 35.4 Å². The highest BCUT2D eigenvalue weighted by molar-refractivity contribution is 7.89. The first-order valence-electron chi connectivity index (χ1n) is 9.83. The van der Waals surface area contributed by atoms with Crippen molar-refractivity contribution in [2.24, 2.45) is 5.92 Å². The molecular formula is C20H28N4O3S. The molecule has 1 N–H and O–H groups in total. The Balaban J connectivity index is 1.53. The third kappa shape index (κ3) is 4.54. The van der Waals surface area contributed by atoms with Crippen molar-refractivity contribution in [1.29, 1.82) is 5.26 Å². The zero-order valence-corrected chi connectivity index (χ0v) is 17.3. The zero-order valence-electron chi connectivity index (χ0n) is 16.5. The van der Waals surface area contributed by atoms with Crippen molar-refractivity contribution in [1.82, 2.24) is 14.5 Å². The summed E-state index contributed by atoms with van der Waals surface area (Å²) in [7, 11) is -1.63. The highest BCUT2D eigenvalue weighted by Crippen LogP contribution is 2.27. The maximum Gasteiger partial charge on any atom is 0.244 e. The molecule has 1 saturated heterocycles. The van der Waals surface area contributed by atoms with Crippen LogP contribution >= 0.6 is 0 Å². The SMILES string of the molecule is CC(CNC(=O)C1CCN(S(=O)(=O)c2ccccc2C#N)CC1)N(C)C1CC1. The van der Waals surface area contributed by atoms with Crippen molar-refractivity contribution < 1.29 is 13.2 Å². The summed E-state index contributed by atoms with van der Waals surface area (Å²) < 4.78 is 27.1. The average molecular weight is 405 g/mol. The molecule has 3 rings (SSSR count). The van der Waals surface area contributed by atoms with Gasteiger partial charge in [0.15, 0.2) is 0 Å². The summed E-state index contributed by atoms with van der Waals surface area (Å²) >= 11 is 0. The van der Waals surface area contributed by atoms with Crippen molar-refractivity contribution in [2.45, 2.75) is 49.6 Å². The maximum absolute atomic E-state index is 12.9. The van der Waals surface area contributed by atoms with E-state index >= 15 is 0 Å². The van der Waals surface area contributed by atoms with Gasteiger partial charge in [-0.3, -0.25) is 9.69 Å². The van der Waals surface area contributed by atoms with Crippen molar-refractivity contribution in [3.8, 4) is 6.07 Å². The van der Waals surface area contributed by atoms with Gasteiger partial charge in [0.25, 0.3) is 0 Å². The van der Waals surface area contributed by atoms with E-state index in [1.807, 2.05) is 6.07 Å². The van der Waals surface area contributed by atoms with E-state index < -0.39 is 10.0 Å².